The van der Waals surface area contributed by atoms with Crippen molar-refractivity contribution in [2.45, 2.75) is 6.92 Å². The number of ether oxygens (including phenoxy) is 1. The molecular formula is C18H17N5O2. The third-order valence-electron chi connectivity index (χ3n) is 3.35. The van der Waals surface area contributed by atoms with Crippen LogP contribution in [0.5, 0.6) is 5.75 Å². The van der Waals surface area contributed by atoms with Gasteiger partial charge in [-0.1, -0.05) is 12.1 Å². The van der Waals surface area contributed by atoms with Crippen molar-refractivity contribution in [1.82, 2.24) is 20.6 Å². The van der Waals surface area contributed by atoms with Crippen molar-refractivity contribution in [1.29, 1.82) is 0 Å². The quantitative estimate of drug-likeness (QED) is 0.535. The molecule has 7 heteroatoms. The number of aromatic nitrogens is 3. The lowest BCUT2D eigenvalue weighted by molar-refractivity contribution is 0.0950. The van der Waals surface area contributed by atoms with Gasteiger partial charge in [0.15, 0.2) is 0 Å². The van der Waals surface area contributed by atoms with E-state index < -0.39 is 0 Å². The van der Waals surface area contributed by atoms with Crippen LogP contribution in [0.4, 0.5) is 0 Å². The minimum absolute atomic E-state index is 0.323. The Morgan fingerprint density at radius 3 is 2.92 bits per heavy atom. The average Bonchev–Trinajstić information content (AvgIpc) is 3.13. The molecule has 1 aromatic carbocycles. The van der Waals surface area contributed by atoms with Gasteiger partial charge in [0.05, 0.1) is 18.5 Å². The van der Waals surface area contributed by atoms with Gasteiger partial charge in [-0.25, -0.2) is 5.43 Å². The maximum atomic E-state index is 12.1. The number of rotatable bonds is 6. The van der Waals surface area contributed by atoms with E-state index in [-0.39, 0.29) is 5.91 Å². The number of H-pyrrole nitrogens is 1. The van der Waals surface area contributed by atoms with Crippen molar-refractivity contribution < 1.29 is 9.53 Å². The van der Waals surface area contributed by atoms with Crippen LogP contribution in [0.2, 0.25) is 0 Å². The molecule has 7 nitrogen and oxygen atoms in total. The summed E-state index contributed by atoms with van der Waals surface area (Å²) in [6.45, 7) is 2.52. The summed E-state index contributed by atoms with van der Waals surface area (Å²) in [7, 11) is 0. The molecule has 2 aromatic heterocycles. The summed E-state index contributed by atoms with van der Waals surface area (Å²) in [5, 5.41) is 10.8. The molecule has 25 heavy (non-hydrogen) atoms. The van der Waals surface area contributed by atoms with E-state index in [0.717, 1.165) is 16.9 Å². The number of carbonyl (C=O) groups excluding carboxylic acids is 1. The molecule has 1 amide bonds. The molecule has 0 radical (unpaired) electrons. The molecule has 0 spiro atoms. The number of pyridine rings is 1. The van der Waals surface area contributed by atoms with Gasteiger partial charge in [0, 0.05) is 18.0 Å². The monoisotopic (exact) mass is 335 g/mol. The summed E-state index contributed by atoms with van der Waals surface area (Å²) in [5.74, 6) is 0.390. The Hall–Kier alpha value is -3.48. The number of nitrogens with one attached hydrogen (secondary N) is 2. The zero-order valence-corrected chi connectivity index (χ0v) is 13.6. The van der Waals surface area contributed by atoms with Gasteiger partial charge in [0.1, 0.15) is 11.4 Å². The molecule has 0 bridgehead atoms. The summed E-state index contributed by atoms with van der Waals surface area (Å²) in [6.07, 6.45) is 4.85. The minimum Gasteiger partial charge on any atom is -0.494 e. The van der Waals surface area contributed by atoms with Crippen LogP contribution in [0, 0.1) is 0 Å². The number of hydrogen-bond donors (Lipinski definition) is 2. The molecule has 0 aliphatic carbocycles. The van der Waals surface area contributed by atoms with Gasteiger partial charge < -0.3 is 4.74 Å². The van der Waals surface area contributed by atoms with E-state index in [1.165, 1.54) is 0 Å². The Morgan fingerprint density at radius 2 is 2.12 bits per heavy atom. The fraction of sp³-hybridized carbons (Fsp3) is 0.111. The summed E-state index contributed by atoms with van der Waals surface area (Å²) in [4.78, 5) is 16.0. The first-order valence-electron chi connectivity index (χ1n) is 7.78. The van der Waals surface area contributed by atoms with Gasteiger partial charge in [-0.15, -0.1) is 0 Å². The van der Waals surface area contributed by atoms with Crippen molar-refractivity contribution >= 4 is 12.1 Å². The summed E-state index contributed by atoms with van der Waals surface area (Å²) in [6, 6.07) is 12.8. The molecule has 2 heterocycles. The Bertz CT molecular complexity index is 874. The van der Waals surface area contributed by atoms with Crippen molar-refractivity contribution in [3.05, 3.63) is 66.1 Å². The molecule has 0 saturated carbocycles. The highest BCUT2D eigenvalue weighted by Gasteiger charge is 2.10. The third-order valence-corrected chi connectivity index (χ3v) is 3.35. The molecule has 0 saturated heterocycles. The van der Waals surface area contributed by atoms with Crippen LogP contribution >= 0.6 is 0 Å². The topological polar surface area (TPSA) is 92.3 Å². The second kappa shape index (κ2) is 7.87. The molecule has 0 unspecified atom stereocenters. The molecule has 126 valence electrons. The summed E-state index contributed by atoms with van der Waals surface area (Å²) >= 11 is 0. The van der Waals surface area contributed by atoms with Gasteiger partial charge >= 0.3 is 0 Å². The molecule has 0 fully saturated rings. The first-order chi connectivity index (χ1) is 12.3. The molecular weight excluding hydrogens is 318 g/mol. The Balaban J connectivity index is 1.67. The van der Waals surface area contributed by atoms with E-state index >= 15 is 0 Å². The first kappa shape index (κ1) is 16.4. The fourth-order valence-electron chi connectivity index (χ4n) is 2.17. The largest absolute Gasteiger partial charge is 0.494 e. The fourth-order valence-corrected chi connectivity index (χ4v) is 2.17. The third kappa shape index (κ3) is 4.29. The highest BCUT2D eigenvalue weighted by Crippen LogP contribution is 2.22. The number of carbonyl (C=O) groups is 1. The lowest BCUT2D eigenvalue weighted by atomic mass is 10.1. The van der Waals surface area contributed by atoms with Gasteiger partial charge in [-0.2, -0.15) is 10.2 Å². The van der Waals surface area contributed by atoms with E-state index in [1.807, 2.05) is 31.2 Å². The van der Waals surface area contributed by atoms with Crippen LogP contribution in [0.1, 0.15) is 23.0 Å². The number of amides is 1. The predicted molar refractivity (Wildman–Crippen MR) is 94.5 cm³/mol. The van der Waals surface area contributed by atoms with Gasteiger partial charge in [0.2, 0.25) is 0 Å². The second-order valence-corrected chi connectivity index (χ2v) is 5.11. The molecule has 2 N–H and O–H groups in total. The van der Waals surface area contributed by atoms with E-state index in [2.05, 4.69) is 25.7 Å². The minimum atomic E-state index is -0.370. The lowest BCUT2D eigenvalue weighted by Crippen LogP contribution is -2.17. The van der Waals surface area contributed by atoms with Crippen LogP contribution in [-0.2, 0) is 0 Å². The highest BCUT2D eigenvalue weighted by atomic mass is 16.5. The Kier molecular flexibility index (Phi) is 5.16. The van der Waals surface area contributed by atoms with Gasteiger partial charge in [-0.05, 0) is 42.8 Å². The molecule has 0 aliphatic rings. The van der Waals surface area contributed by atoms with Crippen LogP contribution in [0.3, 0.4) is 0 Å². The zero-order chi connectivity index (χ0) is 17.5. The van der Waals surface area contributed by atoms with Crippen molar-refractivity contribution in [2.75, 3.05) is 6.61 Å². The number of aromatic amines is 1. The van der Waals surface area contributed by atoms with Gasteiger partial charge in [0.25, 0.3) is 5.91 Å². The number of nitrogens with zero attached hydrogens (tertiary/aromatic N) is 3. The average molecular weight is 335 g/mol. The maximum Gasteiger partial charge on any atom is 0.289 e. The number of hydrogen-bond acceptors (Lipinski definition) is 5. The van der Waals surface area contributed by atoms with E-state index in [4.69, 9.17) is 4.74 Å². The smallest absolute Gasteiger partial charge is 0.289 e. The zero-order valence-electron chi connectivity index (χ0n) is 13.6. The Labute approximate surface area is 144 Å². The van der Waals surface area contributed by atoms with Gasteiger partial charge in [-0.3, -0.25) is 14.9 Å². The highest BCUT2D eigenvalue weighted by molar-refractivity contribution is 5.94. The molecule has 3 aromatic rings. The molecule has 3 rings (SSSR count). The summed E-state index contributed by atoms with van der Waals surface area (Å²) in [5.41, 5.74) is 5.14. The first-order valence-corrected chi connectivity index (χ1v) is 7.78. The van der Waals surface area contributed by atoms with E-state index in [1.54, 1.807) is 36.8 Å². The molecule has 0 atom stereocenters. The molecule has 0 aliphatic heterocycles. The SMILES string of the molecule is CCOc1cccc(-c2cc(C(=O)NN=Cc3ccncc3)[nH]n2)c1. The van der Waals surface area contributed by atoms with Crippen molar-refractivity contribution in [3.8, 4) is 17.0 Å². The van der Waals surface area contributed by atoms with Crippen molar-refractivity contribution in [3.63, 3.8) is 0 Å². The number of hydrazone groups is 1. The predicted octanol–water partition coefficient (Wildman–Crippen LogP) is 2.63. The van der Waals surface area contributed by atoms with E-state index in [9.17, 15) is 4.79 Å². The van der Waals surface area contributed by atoms with Crippen LogP contribution in [-0.4, -0.2) is 33.9 Å². The lowest BCUT2D eigenvalue weighted by Gasteiger charge is -2.03. The normalized spacial score (nSPS) is 10.8. The van der Waals surface area contributed by atoms with E-state index in [0.29, 0.717) is 18.0 Å². The van der Waals surface area contributed by atoms with Crippen LogP contribution < -0.4 is 10.2 Å². The van der Waals surface area contributed by atoms with Crippen LogP contribution in [0.15, 0.2) is 60.0 Å². The van der Waals surface area contributed by atoms with Crippen LogP contribution in [0.25, 0.3) is 11.3 Å². The van der Waals surface area contributed by atoms with Crippen molar-refractivity contribution in [2.24, 2.45) is 5.10 Å². The Morgan fingerprint density at radius 1 is 1.28 bits per heavy atom. The maximum absolute atomic E-state index is 12.1. The summed E-state index contributed by atoms with van der Waals surface area (Å²) < 4.78 is 5.48. The number of benzene rings is 1. The second-order valence-electron chi connectivity index (χ2n) is 5.11. The standard InChI is InChI=1S/C18H17N5O2/c1-2-25-15-5-3-4-14(10-15)16-11-17(22-21-16)18(24)23-20-12-13-6-8-19-9-7-13/h3-12H,2H2,1H3,(H,21,22)(H,23,24).